The number of rotatable bonds is 6. The summed E-state index contributed by atoms with van der Waals surface area (Å²) >= 11 is 0. The highest BCUT2D eigenvalue weighted by Crippen LogP contribution is 2.19. The van der Waals surface area contributed by atoms with Gasteiger partial charge in [-0.15, -0.1) is 0 Å². The molecule has 23 heavy (non-hydrogen) atoms. The molecule has 1 aromatic rings. The Labute approximate surface area is 139 Å². The normalized spacial score (nSPS) is 17.7. The van der Waals surface area contributed by atoms with Crippen LogP contribution in [0, 0.1) is 13.8 Å². The van der Waals surface area contributed by atoms with Gasteiger partial charge in [-0.1, -0.05) is 12.8 Å². The minimum absolute atomic E-state index is 0.0338. The van der Waals surface area contributed by atoms with E-state index in [2.05, 4.69) is 15.1 Å². The summed E-state index contributed by atoms with van der Waals surface area (Å²) in [5, 5.41) is 7.03. The quantitative estimate of drug-likeness (QED) is 0.837. The first-order valence-corrected chi connectivity index (χ1v) is 8.75. The minimum Gasteiger partial charge on any atom is -0.344 e. The van der Waals surface area contributed by atoms with E-state index in [1.54, 1.807) is 4.90 Å². The number of aromatic amines is 1. The van der Waals surface area contributed by atoms with Gasteiger partial charge in [-0.05, 0) is 52.7 Å². The van der Waals surface area contributed by atoms with Gasteiger partial charge in [-0.2, -0.15) is 5.10 Å². The predicted molar refractivity (Wildman–Crippen MR) is 92.2 cm³/mol. The number of hydrogen-bond donors (Lipinski definition) is 2. The fourth-order valence-electron chi connectivity index (χ4n) is 3.38. The van der Waals surface area contributed by atoms with E-state index in [-0.39, 0.29) is 5.91 Å². The summed E-state index contributed by atoms with van der Waals surface area (Å²) in [5.41, 5.74) is 8.67. The fraction of sp³-hybridized carbons (Fsp3) is 0.765. The van der Waals surface area contributed by atoms with Crippen molar-refractivity contribution in [2.24, 2.45) is 5.73 Å². The van der Waals surface area contributed by atoms with Gasteiger partial charge in [0.1, 0.15) is 6.04 Å². The molecule has 1 amide bonds. The maximum Gasteiger partial charge on any atom is 0.243 e. The number of nitrogens with two attached hydrogens (primary N) is 1. The van der Waals surface area contributed by atoms with E-state index >= 15 is 0 Å². The Kier molecular flexibility index (Phi) is 6.59. The first-order chi connectivity index (χ1) is 11.0. The van der Waals surface area contributed by atoms with Crippen molar-refractivity contribution in [3.8, 4) is 0 Å². The van der Waals surface area contributed by atoms with E-state index in [1.165, 1.54) is 38.8 Å². The number of likely N-dealkylation sites (tertiary alicyclic amines) is 1. The summed E-state index contributed by atoms with van der Waals surface area (Å²) < 4.78 is 0. The van der Waals surface area contributed by atoms with Gasteiger partial charge < -0.3 is 15.5 Å². The van der Waals surface area contributed by atoms with Crippen LogP contribution in [0.15, 0.2) is 0 Å². The zero-order valence-electron chi connectivity index (χ0n) is 14.8. The molecule has 3 N–H and O–H groups in total. The first-order valence-electron chi connectivity index (χ1n) is 8.75. The number of carbonyl (C=O) groups is 1. The topological polar surface area (TPSA) is 78.2 Å². The predicted octanol–water partition coefficient (Wildman–Crippen LogP) is 1.75. The molecule has 0 aromatic carbocycles. The Morgan fingerprint density at radius 2 is 1.96 bits per heavy atom. The molecule has 0 saturated carbocycles. The molecule has 0 radical (unpaired) electrons. The zero-order chi connectivity index (χ0) is 16.8. The van der Waals surface area contributed by atoms with Gasteiger partial charge in [0, 0.05) is 24.8 Å². The van der Waals surface area contributed by atoms with E-state index in [1.807, 2.05) is 20.9 Å². The van der Waals surface area contributed by atoms with Crippen LogP contribution in [0.1, 0.15) is 55.1 Å². The lowest BCUT2D eigenvalue weighted by Crippen LogP contribution is -2.38. The van der Waals surface area contributed by atoms with Crippen LogP contribution in [0.25, 0.3) is 0 Å². The van der Waals surface area contributed by atoms with Crippen LogP contribution in [0.4, 0.5) is 0 Å². The van der Waals surface area contributed by atoms with Crippen molar-refractivity contribution in [3.63, 3.8) is 0 Å². The van der Waals surface area contributed by atoms with Crippen molar-refractivity contribution in [1.29, 1.82) is 0 Å². The largest absolute Gasteiger partial charge is 0.344 e. The van der Waals surface area contributed by atoms with E-state index in [0.29, 0.717) is 0 Å². The monoisotopic (exact) mass is 321 g/mol. The second kappa shape index (κ2) is 8.45. The third-order valence-electron chi connectivity index (χ3n) is 4.80. The molecule has 1 aliphatic rings. The van der Waals surface area contributed by atoms with Gasteiger partial charge in [0.2, 0.25) is 5.91 Å². The van der Waals surface area contributed by atoms with E-state index in [9.17, 15) is 4.79 Å². The van der Waals surface area contributed by atoms with Crippen LogP contribution >= 0.6 is 0 Å². The minimum atomic E-state index is -0.628. The SMILES string of the molecule is Cc1n[nH]c(C)c1[C@H](N)C(=O)N(C)CCCN1CCCCCC1. The highest BCUT2D eigenvalue weighted by atomic mass is 16.2. The maximum absolute atomic E-state index is 12.5. The lowest BCUT2D eigenvalue weighted by Gasteiger charge is -2.24. The molecular weight excluding hydrogens is 290 g/mol. The Hall–Kier alpha value is -1.40. The van der Waals surface area contributed by atoms with Crippen molar-refractivity contribution < 1.29 is 4.79 Å². The number of likely N-dealkylation sites (N-methyl/N-ethyl adjacent to an activating group) is 1. The molecular formula is C17H31N5O. The zero-order valence-corrected chi connectivity index (χ0v) is 14.8. The second-order valence-electron chi connectivity index (χ2n) is 6.69. The van der Waals surface area contributed by atoms with Gasteiger partial charge in [0.15, 0.2) is 0 Å². The van der Waals surface area contributed by atoms with Crippen LogP contribution in [0.3, 0.4) is 0 Å². The van der Waals surface area contributed by atoms with Crippen molar-refractivity contribution in [3.05, 3.63) is 17.0 Å². The molecule has 0 spiro atoms. The van der Waals surface area contributed by atoms with Crippen LogP contribution in [0.2, 0.25) is 0 Å². The van der Waals surface area contributed by atoms with Gasteiger partial charge >= 0.3 is 0 Å². The molecule has 1 fully saturated rings. The molecule has 0 aliphatic carbocycles. The van der Waals surface area contributed by atoms with Crippen molar-refractivity contribution in [1.82, 2.24) is 20.0 Å². The summed E-state index contributed by atoms with van der Waals surface area (Å²) in [7, 11) is 1.84. The third kappa shape index (κ3) is 4.78. The summed E-state index contributed by atoms with van der Waals surface area (Å²) in [5.74, 6) is -0.0338. The Balaban J connectivity index is 1.80. The summed E-state index contributed by atoms with van der Waals surface area (Å²) in [6.07, 6.45) is 6.32. The molecule has 2 rings (SSSR count). The average Bonchev–Trinajstić information content (AvgIpc) is 2.73. The van der Waals surface area contributed by atoms with E-state index < -0.39 is 6.04 Å². The van der Waals surface area contributed by atoms with Crippen LogP contribution < -0.4 is 5.73 Å². The molecule has 1 atom stereocenters. The number of carbonyl (C=O) groups excluding carboxylic acids is 1. The average molecular weight is 321 g/mol. The van der Waals surface area contributed by atoms with Crippen LogP contribution in [0.5, 0.6) is 0 Å². The number of aromatic nitrogens is 2. The highest BCUT2D eigenvalue weighted by molar-refractivity contribution is 5.83. The standard InChI is InChI=1S/C17H31N5O/c1-13-15(14(2)20-19-13)16(18)17(23)21(3)9-8-12-22-10-6-4-5-7-11-22/h16H,4-12,18H2,1-3H3,(H,19,20)/t16-/m0/s1. The van der Waals surface area contributed by atoms with E-state index in [0.717, 1.165) is 36.5 Å². The summed E-state index contributed by atoms with van der Waals surface area (Å²) in [6.45, 7) is 8.00. The summed E-state index contributed by atoms with van der Waals surface area (Å²) in [4.78, 5) is 16.8. The van der Waals surface area contributed by atoms with Crippen molar-refractivity contribution in [2.75, 3.05) is 33.2 Å². The smallest absolute Gasteiger partial charge is 0.243 e. The van der Waals surface area contributed by atoms with Crippen LogP contribution in [-0.4, -0.2) is 59.1 Å². The van der Waals surface area contributed by atoms with Crippen molar-refractivity contribution in [2.45, 2.75) is 52.0 Å². The molecule has 130 valence electrons. The molecule has 1 aliphatic heterocycles. The molecule has 6 nitrogen and oxygen atoms in total. The summed E-state index contributed by atoms with van der Waals surface area (Å²) in [6, 6.07) is -0.628. The Bertz CT molecular complexity index is 486. The van der Waals surface area contributed by atoms with E-state index in [4.69, 9.17) is 5.73 Å². The molecule has 0 unspecified atom stereocenters. The third-order valence-corrected chi connectivity index (χ3v) is 4.80. The number of nitrogens with zero attached hydrogens (tertiary/aromatic N) is 3. The highest BCUT2D eigenvalue weighted by Gasteiger charge is 2.24. The Morgan fingerprint density at radius 3 is 2.52 bits per heavy atom. The molecule has 1 aromatic heterocycles. The van der Waals surface area contributed by atoms with Gasteiger partial charge in [0.05, 0.1) is 5.69 Å². The number of amides is 1. The van der Waals surface area contributed by atoms with Gasteiger partial charge in [0.25, 0.3) is 0 Å². The van der Waals surface area contributed by atoms with Gasteiger partial charge in [-0.3, -0.25) is 9.89 Å². The lowest BCUT2D eigenvalue weighted by atomic mass is 10.0. The maximum atomic E-state index is 12.5. The lowest BCUT2D eigenvalue weighted by molar-refractivity contribution is -0.131. The second-order valence-corrected chi connectivity index (χ2v) is 6.69. The number of H-pyrrole nitrogens is 1. The first kappa shape index (κ1) is 17.9. The molecule has 1 saturated heterocycles. The Morgan fingerprint density at radius 1 is 1.30 bits per heavy atom. The number of nitrogens with one attached hydrogen (secondary N) is 1. The number of aryl methyl sites for hydroxylation is 2. The fourth-order valence-corrected chi connectivity index (χ4v) is 3.38. The molecule has 2 heterocycles. The van der Waals surface area contributed by atoms with Gasteiger partial charge in [-0.25, -0.2) is 0 Å². The molecule has 0 bridgehead atoms. The molecule has 6 heteroatoms. The van der Waals surface area contributed by atoms with Crippen LogP contribution in [-0.2, 0) is 4.79 Å². The number of hydrogen-bond acceptors (Lipinski definition) is 4. The van der Waals surface area contributed by atoms with Crippen molar-refractivity contribution >= 4 is 5.91 Å².